The number of likely N-dealkylation sites (N-methyl/N-ethyl adjacent to an activating group) is 1. The lowest BCUT2D eigenvalue weighted by atomic mass is 10.0. The summed E-state index contributed by atoms with van der Waals surface area (Å²) in [6, 6.07) is 10.4. The molecule has 0 atom stereocenters. The fourth-order valence-electron chi connectivity index (χ4n) is 3.01. The molecule has 8 heteroatoms. The number of aliphatic hydroxyl groups excluding tert-OH is 1. The van der Waals surface area contributed by atoms with Crippen molar-refractivity contribution in [3.63, 3.8) is 0 Å². The number of imide groups is 1. The molecule has 0 bridgehead atoms. The maximum Gasteiger partial charge on any atom is 0.282 e. The van der Waals surface area contributed by atoms with Crippen molar-refractivity contribution in [2.24, 2.45) is 0 Å². The second kappa shape index (κ2) is 8.00. The molecule has 28 heavy (non-hydrogen) atoms. The monoisotopic (exact) mass is 404 g/mol. The zero-order valence-electron chi connectivity index (χ0n) is 15.3. The maximum atomic E-state index is 13.5. The first kappa shape index (κ1) is 19.9. The number of carbonyl (C=O) groups excluding carboxylic acids is 2. The van der Waals surface area contributed by atoms with Gasteiger partial charge in [-0.05, 0) is 35.9 Å². The Hall–Kier alpha value is -2.90. The maximum absolute atomic E-state index is 13.5. The van der Waals surface area contributed by atoms with E-state index in [9.17, 15) is 19.1 Å². The molecule has 1 heterocycles. The number of aliphatic hydroxyl groups is 1. The molecule has 0 unspecified atom stereocenters. The number of ether oxygens (including phenoxy) is 1. The molecule has 0 radical (unpaired) electrons. The molecule has 0 saturated heterocycles. The van der Waals surface area contributed by atoms with Crippen LogP contribution in [0.5, 0.6) is 5.75 Å². The molecule has 1 N–H and O–H groups in total. The van der Waals surface area contributed by atoms with Crippen molar-refractivity contribution in [2.75, 3.05) is 32.2 Å². The molecule has 146 valence electrons. The highest BCUT2D eigenvalue weighted by molar-refractivity contribution is 6.45. The number of hydrogen-bond acceptors (Lipinski definition) is 5. The lowest BCUT2D eigenvalue weighted by molar-refractivity contribution is -0.120. The topological polar surface area (TPSA) is 70.1 Å². The number of rotatable bonds is 6. The highest BCUT2D eigenvalue weighted by Gasteiger charge is 2.41. The van der Waals surface area contributed by atoms with Crippen LogP contribution < -0.4 is 9.64 Å². The van der Waals surface area contributed by atoms with E-state index in [0.29, 0.717) is 11.3 Å². The number of anilines is 1. The molecule has 1 aliphatic heterocycles. The van der Waals surface area contributed by atoms with E-state index in [-0.39, 0.29) is 35.1 Å². The molecule has 2 aromatic rings. The summed E-state index contributed by atoms with van der Waals surface area (Å²) in [7, 11) is 3.14. The van der Waals surface area contributed by atoms with E-state index in [1.807, 2.05) is 0 Å². The second-order valence-corrected chi connectivity index (χ2v) is 6.55. The van der Waals surface area contributed by atoms with Crippen LogP contribution in [0.25, 0.3) is 5.57 Å². The molecule has 2 aromatic carbocycles. The van der Waals surface area contributed by atoms with E-state index < -0.39 is 17.6 Å². The van der Waals surface area contributed by atoms with Gasteiger partial charge in [-0.1, -0.05) is 23.7 Å². The molecule has 0 spiro atoms. The van der Waals surface area contributed by atoms with Crippen LogP contribution >= 0.6 is 11.6 Å². The normalized spacial score (nSPS) is 14.1. The number of benzene rings is 2. The molecule has 0 aliphatic carbocycles. The standard InChI is InChI=1S/C20H18ClFN2O4/c1-23(9-10-25)18-17(12-3-6-14(28-2)7-4-12)19(26)24(20(18)27)13-5-8-16(22)15(21)11-13/h3-8,11,25H,9-10H2,1-2H3. The van der Waals surface area contributed by atoms with Gasteiger partial charge >= 0.3 is 0 Å². The Bertz CT molecular complexity index is 959. The minimum atomic E-state index is -0.648. The van der Waals surface area contributed by atoms with E-state index in [1.54, 1.807) is 31.3 Å². The molecule has 2 amide bonds. The molecule has 1 aliphatic rings. The van der Waals surface area contributed by atoms with Crippen LogP contribution in [0.2, 0.25) is 5.02 Å². The summed E-state index contributed by atoms with van der Waals surface area (Å²) < 4.78 is 18.7. The Morgan fingerprint density at radius 1 is 1.14 bits per heavy atom. The first-order valence-corrected chi connectivity index (χ1v) is 8.81. The predicted molar refractivity (Wildman–Crippen MR) is 104 cm³/mol. The van der Waals surface area contributed by atoms with Crippen LogP contribution in [0.4, 0.5) is 10.1 Å². The van der Waals surface area contributed by atoms with Gasteiger partial charge in [-0.2, -0.15) is 0 Å². The summed E-state index contributed by atoms with van der Waals surface area (Å²) in [5.41, 5.74) is 1.02. The van der Waals surface area contributed by atoms with E-state index >= 15 is 0 Å². The van der Waals surface area contributed by atoms with Gasteiger partial charge in [-0.25, -0.2) is 9.29 Å². The van der Waals surface area contributed by atoms with Crippen LogP contribution in [0, 0.1) is 5.82 Å². The van der Waals surface area contributed by atoms with Crippen molar-refractivity contribution in [3.8, 4) is 5.75 Å². The van der Waals surface area contributed by atoms with Crippen LogP contribution in [-0.4, -0.2) is 49.1 Å². The third-order valence-electron chi connectivity index (χ3n) is 4.42. The zero-order chi connectivity index (χ0) is 20.4. The number of halogens is 2. The summed E-state index contributed by atoms with van der Waals surface area (Å²) in [6.45, 7) is -0.0360. The minimum absolute atomic E-state index is 0.143. The smallest absolute Gasteiger partial charge is 0.282 e. The van der Waals surface area contributed by atoms with Gasteiger partial charge in [-0.15, -0.1) is 0 Å². The lowest BCUT2D eigenvalue weighted by Crippen LogP contribution is -2.34. The average Bonchev–Trinajstić information content (AvgIpc) is 2.95. The van der Waals surface area contributed by atoms with Gasteiger partial charge in [0.2, 0.25) is 0 Å². The second-order valence-electron chi connectivity index (χ2n) is 6.14. The largest absolute Gasteiger partial charge is 0.497 e. The molecule has 0 aromatic heterocycles. The zero-order valence-corrected chi connectivity index (χ0v) is 16.0. The Kier molecular flexibility index (Phi) is 5.67. The number of carbonyl (C=O) groups is 2. The van der Waals surface area contributed by atoms with Gasteiger partial charge in [-0.3, -0.25) is 9.59 Å². The number of methoxy groups -OCH3 is 1. The highest BCUT2D eigenvalue weighted by Crippen LogP contribution is 2.35. The van der Waals surface area contributed by atoms with Gasteiger partial charge in [0, 0.05) is 13.6 Å². The van der Waals surface area contributed by atoms with Gasteiger partial charge in [0.25, 0.3) is 11.8 Å². The Morgan fingerprint density at radius 2 is 1.82 bits per heavy atom. The van der Waals surface area contributed by atoms with Crippen molar-refractivity contribution in [2.45, 2.75) is 0 Å². The van der Waals surface area contributed by atoms with Gasteiger partial charge in [0.15, 0.2) is 0 Å². The van der Waals surface area contributed by atoms with Crippen molar-refractivity contribution in [1.82, 2.24) is 4.90 Å². The van der Waals surface area contributed by atoms with Gasteiger partial charge in [0.05, 0.1) is 30.0 Å². The first-order chi connectivity index (χ1) is 13.4. The molecule has 0 saturated carbocycles. The summed E-state index contributed by atoms with van der Waals surface area (Å²) >= 11 is 5.83. The van der Waals surface area contributed by atoms with Crippen molar-refractivity contribution in [1.29, 1.82) is 0 Å². The summed E-state index contributed by atoms with van der Waals surface area (Å²) in [4.78, 5) is 28.7. The van der Waals surface area contributed by atoms with Crippen molar-refractivity contribution in [3.05, 3.63) is 64.6 Å². The average molecular weight is 405 g/mol. The Labute approximate surface area is 166 Å². The van der Waals surface area contributed by atoms with Crippen LogP contribution in [0.1, 0.15) is 5.56 Å². The fourth-order valence-corrected chi connectivity index (χ4v) is 3.19. The van der Waals surface area contributed by atoms with Crippen LogP contribution in [-0.2, 0) is 9.59 Å². The van der Waals surface area contributed by atoms with Crippen molar-refractivity contribution < 1.29 is 23.8 Å². The molecular weight excluding hydrogens is 387 g/mol. The predicted octanol–water partition coefficient (Wildman–Crippen LogP) is 2.70. The number of nitrogens with zero attached hydrogens (tertiary/aromatic N) is 2. The highest BCUT2D eigenvalue weighted by atomic mass is 35.5. The number of hydrogen-bond donors (Lipinski definition) is 1. The minimum Gasteiger partial charge on any atom is -0.497 e. The molecule has 6 nitrogen and oxygen atoms in total. The van der Waals surface area contributed by atoms with Crippen molar-refractivity contribution >= 4 is 34.7 Å². The van der Waals surface area contributed by atoms with E-state index in [1.165, 1.54) is 24.1 Å². The quantitative estimate of drug-likeness (QED) is 0.750. The van der Waals surface area contributed by atoms with Gasteiger partial charge < -0.3 is 14.7 Å². The van der Waals surface area contributed by atoms with Gasteiger partial charge in [0.1, 0.15) is 17.3 Å². The molecule has 3 rings (SSSR count). The summed E-state index contributed by atoms with van der Waals surface area (Å²) in [5, 5.41) is 9.08. The first-order valence-electron chi connectivity index (χ1n) is 8.43. The molecular formula is C20H18ClFN2O4. The third-order valence-corrected chi connectivity index (χ3v) is 4.71. The summed E-state index contributed by atoms with van der Waals surface area (Å²) in [6.07, 6.45) is 0. The van der Waals surface area contributed by atoms with E-state index in [4.69, 9.17) is 16.3 Å². The molecule has 0 fully saturated rings. The van der Waals surface area contributed by atoms with Crippen LogP contribution in [0.3, 0.4) is 0 Å². The van der Waals surface area contributed by atoms with E-state index in [2.05, 4.69) is 0 Å². The Balaban J connectivity index is 2.11. The third kappa shape index (κ3) is 3.46. The number of amides is 2. The SMILES string of the molecule is COc1ccc(C2=C(N(C)CCO)C(=O)N(c3ccc(F)c(Cl)c3)C2=O)cc1. The fraction of sp³-hybridized carbons (Fsp3) is 0.200. The van der Waals surface area contributed by atoms with E-state index in [0.717, 1.165) is 11.0 Å². The van der Waals surface area contributed by atoms with Crippen LogP contribution in [0.15, 0.2) is 48.2 Å². The Morgan fingerprint density at radius 3 is 2.39 bits per heavy atom. The summed E-state index contributed by atoms with van der Waals surface area (Å²) in [5.74, 6) is -1.17. The lowest BCUT2D eigenvalue weighted by Gasteiger charge is -2.20.